The first-order chi connectivity index (χ1) is 10.2. The number of hydrogen-bond acceptors (Lipinski definition) is 4. The molecule has 3 rings (SSSR count). The van der Waals surface area contributed by atoms with Crippen LogP contribution in [0, 0.1) is 0 Å². The third-order valence-electron chi connectivity index (χ3n) is 4.56. The molecule has 0 saturated carbocycles. The molecule has 2 heterocycles. The normalized spacial score (nSPS) is 20.5. The number of thiophene rings is 1. The van der Waals surface area contributed by atoms with Crippen molar-refractivity contribution in [3.05, 3.63) is 34.7 Å². The van der Waals surface area contributed by atoms with Crippen molar-refractivity contribution < 1.29 is 0 Å². The molecular formula is C17H25N3S. The van der Waals surface area contributed by atoms with E-state index in [0.29, 0.717) is 12.6 Å². The Bertz CT molecular complexity index is 605. The number of nitrogens with two attached hydrogens (primary N) is 1. The van der Waals surface area contributed by atoms with E-state index in [0.717, 1.165) is 6.54 Å². The van der Waals surface area contributed by atoms with E-state index in [1.54, 1.807) is 0 Å². The van der Waals surface area contributed by atoms with Crippen LogP contribution in [0.25, 0.3) is 10.1 Å². The van der Waals surface area contributed by atoms with Gasteiger partial charge in [-0.15, -0.1) is 11.3 Å². The van der Waals surface area contributed by atoms with Crippen molar-refractivity contribution in [2.75, 3.05) is 27.2 Å². The van der Waals surface area contributed by atoms with Gasteiger partial charge in [0.2, 0.25) is 0 Å². The first kappa shape index (κ1) is 15.0. The molecule has 1 saturated heterocycles. The fourth-order valence-electron chi connectivity index (χ4n) is 3.31. The topological polar surface area (TPSA) is 32.5 Å². The van der Waals surface area contributed by atoms with Crippen molar-refractivity contribution in [3.8, 4) is 0 Å². The molecule has 0 amide bonds. The summed E-state index contributed by atoms with van der Waals surface area (Å²) < 4.78 is 1.37. The zero-order chi connectivity index (χ0) is 14.8. The van der Waals surface area contributed by atoms with Gasteiger partial charge >= 0.3 is 0 Å². The van der Waals surface area contributed by atoms with Crippen LogP contribution >= 0.6 is 11.3 Å². The number of rotatable bonds is 4. The maximum absolute atomic E-state index is 5.98. The molecule has 4 heteroatoms. The summed E-state index contributed by atoms with van der Waals surface area (Å²) in [6.45, 7) is 4.07. The highest BCUT2D eigenvalue weighted by molar-refractivity contribution is 7.19. The van der Waals surface area contributed by atoms with E-state index in [9.17, 15) is 0 Å². The summed E-state index contributed by atoms with van der Waals surface area (Å²) in [5.74, 6) is 0. The summed E-state index contributed by atoms with van der Waals surface area (Å²) in [4.78, 5) is 6.31. The molecule has 0 bridgehead atoms. The molecule has 114 valence electrons. The molecule has 3 nitrogen and oxygen atoms in total. The van der Waals surface area contributed by atoms with Crippen LogP contribution in [0.4, 0.5) is 0 Å². The summed E-state index contributed by atoms with van der Waals surface area (Å²) in [7, 11) is 4.39. The third kappa shape index (κ3) is 3.14. The Morgan fingerprint density at radius 1 is 1.33 bits per heavy atom. The summed E-state index contributed by atoms with van der Waals surface area (Å²) in [5.41, 5.74) is 7.43. The van der Waals surface area contributed by atoms with Crippen LogP contribution in [-0.2, 0) is 13.1 Å². The van der Waals surface area contributed by atoms with Gasteiger partial charge in [0, 0.05) is 35.3 Å². The van der Waals surface area contributed by atoms with Gasteiger partial charge in [-0.2, -0.15) is 0 Å². The number of nitrogens with zero attached hydrogens (tertiary/aromatic N) is 2. The van der Waals surface area contributed by atoms with Gasteiger partial charge in [0.05, 0.1) is 0 Å². The Morgan fingerprint density at radius 3 is 2.90 bits per heavy atom. The molecule has 0 aliphatic carbocycles. The maximum Gasteiger partial charge on any atom is 0.0349 e. The lowest BCUT2D eigenvalue weighted by Gasteiger charge is -2.36. The second kappa shape index (κ2) is 6.44. The average molecular weight is 303 g/mol. The van der Waals surface area contributed by atoms with Crippen LogP contribution < -0.4 is 5.73 Å². The molecule has 1 aliphatic heterocycles. The largest absolute Gasteiger partial charge is 0.326 e. The Kier molecular flexibility index (Phi) is 4.60. The number of likely N-dealkylation sites (N-methyl/N-ethyl adjacent to an activating group) is 1. The second-order valence-corrected chi connectivity index (χ2v) is 7.34. The maximum atomic E-state index is 5.98. The van der Waals surface area contributed by atoms with Crippen molar-refractivity contribution in [3.63, 3.8) is 0 Å². The predicted molar refractivity (Wildman–Crippen MR) is 91.7 cm³/mol. The van der Waals surface area contributed by atoms with Crippen LogP contribution in [0.1, 0.15) is 23.3 Å². The van der Waals surface area contributed by atoms with Crippen LogP contribution in [0.3, 0.4) is 0 Å². The molecule has 0 spiro atoms. The Balaban J connectivity index is 1.84. The van der Waals surface area contributed by atoms with E-state index in [1.165, 1.54) is 46.5 Å². The highest BCUT2D eigenvalue weighted by atomic mass is 32.1. The van der Waals surface area contributed by atoms with Gasteiger partial charge < -0.3 is 10.6 Å². The number of fused-ring (bicyclic) bond motifs is 1. The summed E-state index contributed by atoms with van der Waals surface area (Å²) in [6, 6.07) is 9.39. The predicted octanol–water partition coefficient (Wildman–Crippen LogP) is 2.89. The van der Waals surface area contributed by atoms with Gasteiger partial charge in [0.15, 0.2) is 0 Å². The van der Waals surface area contributed by atoms with E-state index < -0.39 is 0 Å². The third-order valence-corrected chi connectivity index (χ3v) is 5.80. The van der Waals surface area contributed by atoms with E-state index >= 15 is 0 Å². The molecule has 1 aromatic carbocycles. The van der Waals surface area contributed by atoms with E-state index in [2.05, 4.69) is 48.2 Å². The first-order valence-corrected chi connectivity index (χ1v) is 8.59. The highest BCUT2D eigenvalue weighted by Gasteiger charge is 2.23. The summed E-state index contributed by atoms with van der Waals surface area (Å²) >= 11 is 1.86. The standard InChI is InChI=1S/C17H25N3S/c1-19(2)13-6-5-9-20(11-13)12-15-14-7-3-4-8-16(14)21-17(15)10-18/h3-4,7-8,13H,5-6,9-12,18H2,1-2H3. The summed E-state index contributed by atoms with van der Waals surface area (Å²) in [6.07, 6.45) is 2.61. The Labute approximate surface area is 131 Å². The fourth-order valence-corrected chi connectivity index (χ4v) is 4.40. The van der Waals surface area contributed by atoms with Gasteiger partial charge in [0.1, 0.15) is 0 Å². The van der Waals surface area contributed by atoms with Crippen LogP contribution in [0.15, 0.2) is 24.3 Å². The molecule has 0 radical (unpaired) electrons. The number of benzene rings is 1. The van der Waals surface area contributed by atoms with Gasteiger partial charge in [0.25, 0.3) is 0 Å². The van der Waals surface area contributed by atoms with Gasteiger partial charge in [-0.1, -0.05) is 18.2 Å². The van der Waals surface area contributed by atoms with E-state index in [1.807, 2.05) is 11.3 Å². The number of piperidine rings is 1. The first-order valence-electron chi connectivity index (χ1n) is 7.77. The molecule has 1 aromatic heterocycles. The second-order valence-electron chi connectivity index (χ2n) is 6.20. The van der Waals surface area contributed by atoms with E-state index in [4.69, 9.17) is 5.73 Å². The molecule has 21 heavy (non-hydrogen) atoms. The zero-order valence-electron chi connectivity index (χ0n) is 13.0. The lowest BCUT2D eigenvalue weighted by molar-refractivity contribution is 0.128. The molecule has 1 fully saturated rings. The monoisotopic (exact) mass is 303 g/mol. The minimum absolute atomic E-state index is 0.652. The summed E-state index contributed by atoms with van der Waals surface area (Å²) in [5, 5.41) is 1.40. The van der Waals surface area contributed by atoms with Gasteiger partial charge in [-0.05, 0) is 50.5 Å². The smallest absolute Gasteiger partial charge is 0.0349 e. The SMILES string of the molecule is CN(C)C1CCCN(Cc2c(CN)sc3ccccc23)C1. The lowest BCUT2D eigenvalue weighted by atomic mass is 10.0. The highest BCUT2D eigenvalue weighted by Crippen LogP contribution is 2.32. The Hall–Kier alpha value is -0.940. The van der Waals surface area contributed by atoms with Crippen molar-refractivity contribution in [2.45, 2.75) is 32.0 Å². The Morgan fingerprint density at radius 2 is 2.14 bits per heavy atom. The van der Waals surface area contributed by atoms with Crippen molar-refractivity contribution in [1.29, 1.82) is 0 Å². The fraction of sp³-hybridized carbons (Fsp3) is 0.529. The van der Waals surface area contributed by atoms with Crippen molar-refractivity contribution in [2.24, 2.45) is 5.73 Å². The zero-order valence-corrected chi connectivity index (χ0v) is 13.8. The number of likely N-dealkylation sites (tertiary alicyclic amines) is 1. The number of hydrogen-bond donors (Lipinski definition) is 1. The molecule has 1 aliphatic rings. The van der Waals surface area contributed by atoms with Gasteiger partial charge in [-0.25, -0.2) is 0 Å². The minimum atomic E-state index is 0.652. The molecule has 2 aromatic rings. The van der Waals surface area contributed by atoms with Crippen LogP contribution in [-0.4, -0.2) is 43.0 Å². The van der Waals surface area contributed by atoms with Crippen LogP contribution in [0.2, 0.25) is 0 Å². The molecular weight excluding hydrogens is 278 g/mol. The molecule has 1 unspecified atom stereocenters. The van der Waals surface area contributed by atoms with Gasteiger partial charge in [-0.3, -0.25) is 4.90 Å². The van der Waals surface area contributed by atoms with Crippen molar-refractivity contribution in [1.82, 2.24) is 9.80 Å². The molecule has 1 atom stereocenters. The minimum Gasteiger partial charge on any atom is -0.326 e. The quantitative estimate of drug-likeness (QED) is 0.942. The lowest BCUT2D eigenvalue weighted by Crippen LogP contribution is -2.44. The van der Waals surface area contributed by atoms with Crippen molar-refractivity contribution >= 4 is 21.4 Å². The molecule has 2 N–H and O–H groups in total. The average Bonchev–Trinajstić information content (AvgIpc) is 2.86. The van der Waals surface area contributed by atoms with Crippen LogP contribution in [0.5, 0.6) is 0 Å². The van der Waals surface area contributed by atoms with E-state index in [-0.39, 0.29) is 0 Å².